The lowest BCUT2D eigenvalue weighted by molar-refractivity contribution is 0.258. The number of hydrogen-bond acceptors (Lipinski definition) is 2. The van der Waals surface area contributed by atoms with Crippen molar-refractivity contribution in [1.82, 2.24) is 0 Å². The molecule has 11 aromatic rings. The molecule has 1 fully saturated rings. The van der Waals surface area contributed by atoms with E-state index in [2.05, 4.69) is 278 Å². The topological polar surface area (TPSA) is 6.48 Å². The van der Waals surface area contributed by atoms with E-state index in [0.29, 0.717) is 11.8 Å². The van der Waals surface area contributed by atoms with Gasteiger partial charge < -0.3 is 9.80 Å². The number of anilines is 6. The Labute approximate surface area is 460 Å². The van der Waals surface area contributed by atoms with Gasteiger partial charge in [-0.3, -0.25) is 0 Å². The van der Waals surface area contributed by atoms with Crippen LogP contribution < -0.4 is 9.80 Å². The van der Waals surface area contributed by atoms with E-state index in [9.17, 15) is 0 Å². The van der Waals surface area contributed by atoms with Gasteiger partial charge in [0.2, 0.25) is 0 Å². The van der Waals surface area contributed by atoms with Gasteiger partial charge in [0.25, 0.3) is 0 Å². The zero-order valence-corrected chi connectivity index (χ0v) is 44.5. The molecule has 0 N–H and O–H groups in total. The first-order valence-electron chi connectivity index (χ1n) is 28.4. The third-order valence-corrected chi connectivity index (χ3v) is 18.6. The normalized spacial score (nSPS) is 18.2. The first-order valence-corrected chi connectivity index (χ1v) is 28.4. The Morgan fingerprint density at radius 2 is 0.846 bits per heavy atom. The zero-order valence-electron chi connectivity index (χ0n) is 44.5. The van der Waals surface area contributed by atoms with E-state index in [1.165, 1.54) is 137 Å². The summed E-state index contributed by atoms with van der Waals surface area (Å²) in [5.74, 6) is 0.949. The standard InChI is InChI=1S/C76H62N2/c1-75(2)68-33-17-16-32-66(68)67-47-45-63(50-69(67)75)78(61-29-10-5-11-30-61)71-35-19-24-57-49-59-26-14-13-25-58-48-56-23-18-34-70(73(56)76(58,59)74(57)71)77(60-27-8-4-9-28-60)62-43-40-54(41-44-62)65-46-42-53-22-12-15-31-64(53)72(65)55-38-36-52(37-39-55)51-20-6-3-7-21-51/h3-12,15-24,27-47,50,58-59H,13-14,25-26,48-49H2,1-2H3. The third-order valence-electron chi connectivity index (χ3n) is 18.6. The summed E-state index contributed by atoms with van der Waals surface area (Å²) in [6, 6.07) is 96.2. The van der Waals surface area contributed by atoms with Gasteiger partial charge in [-0.05, 0) is 187 Å². The molecule has 3 atom stereocenters. The number of para-hydroxylation sites is 2. The molecule has 4 aliphatic rings. The van der Waals surface area contributed by atoms with Gasteiger partial charge in [-0.15, -0.1) is 0 Å². The second-order valence-electron chi connectivity index (χ2n) is 23.0. The molecule has 11 aromatic carbocycles. The predicted molar refractivity (Wildman–Crippen MR) is 327 cm³/mol. The maximum Gasteiger partial charge on any atom is 0.0505 e. The summed E-state index contributed by atoms with van der Waals surface area (Å²) in [6.45, 7) is 4.81. The van der Waals surface area contributed by atoms with Crippen LogP contribution in [-0.4, -0.2) is 0 Å². The Bertz CT molecular complexity index is 4050. The minimum atomic E-state index is -0.198. The van der Waals surface area contributed by atoms with Crippen LogP contribution in [0, 0.1) is 11.8 Å². The second kappa shape index (κ2) is 18.5. The summed E-state index contributed by atoms with van der Waals surface area (Å²) in [5.41, 5.74) is 26.0. The van der Waals surface area contributed by atoms with Gasteiger partial charge in [0.05, 0.1) is 11.4 Å². The molecule has 0 aromatic heterocycles. The fraction of sp³-hybridized carbons (Fsp3) is 0.158. The molecule has 15 rings (SSSR count). The van der Waals surface area contributed by atoms with Crippen LogP contribution in [0.4, 0.5) is 34.1 Å². The molecule has 0 radical (unpaired) electrons. The van der Waals surface area contributed by atoms with Crippen molar-refractivity contribution in [3.05, 3.63) is 288 Å². The minimum Gasteiger partial charge on any atom is -0.310 e. The molecule has 2 heteroatoms. The van der Waals surface area contributed by atoms with Gasteiger partial charge in [-0.25, -0.2) is 0 Å². The van der Waals surface area contributed by atoms with Gasteiger partial charge in [-0.2, -0.15) is 0 Å². The van der Waals surface area contributed by atoms with E-state index in [0.717, 1.165) is 18.5 Å². The second-order valence-corrected chi connectivity index (χ2v) is 23.0. The maximum absolute atomic E-state index is 2.63. The van der Waals surface area contributed by atoms with Gasteiger partial charge >= 0.3 is 0 Å². The van der Waals surface area contributed by atoms with E-state index in [1.54, 1.807) is 5.56 Å². The smallest absolute Gasteiger partial charge is 0.0505 e. The monoisotopic (exact) mass is 1000 g/mol. The lowest BCUT2D eigenvalue weighted by Crippen LogP contribution is -2.39. The van der Waals surface area contributed by atoms with Crippen LogP contribution in [0.3, 0.4) is 0 Å². The van der Waals surface area contributed by atoms with Crippen molar-refractivity contribution >= 4 is 44.9 Å². The first-order chi connectivity index (χ1) is 38.4. The Morgan fingerprint density at radius 1 is 0.359 bits per heavy atom. The SMILES string of the molecule is CC1(C)c2ccccc2-c2ccc(N(c3ccccc3)c3cccc4c3C35c6c(cccc6N(c6ccccc6)c6ccc(-c7ccc8ccccc8c7-c7ccc(-c8ccccc8)cc7)cc6)CC3CCCCC5C4)cc21. The molecule has 0 aliphatic heterocycles. The summed E-state index contributed by atoms with van der Waals surface area (Å²) in [6.07, 6.45) is 7.15. The van der Waals surface area contributed by atoms with Gasteiger partial charge in [-0.1, -0.05) is 221 Å². The van der Waals surface area contributed by atoms with Crippen molar-refractivity contribution in [2.24, 2.45) is 11.8 Å². The number of rotatable bonds is 9. The molecule has 0 amide bonds. The molecule has 0 bridgehead atoms. The predicted octanol–water partition coefficient (Wildman–Crippen LogP) is 20.3. The van der Waals surface area contributed by atoms with Gasteiger partial charge in [0, 0.05) is 33.6 Å². The van der Waals surface area contributed by atoms with Crippen molar-refractivity contribution in [3.63, 3.8) is 0 Å². The molecule has 2 nitrogen and oxygen atoms in total. The number of hydrogen-bond donors (Lipinski definition) is 0. The van der Waals surface area contributed by atoms with Crippen molar-refractivity contribution < 1.29 is 0 Å². The highest BCUT2D eigenvalue weighted by Crippen LogP contribution is 2.67. The van der Waals surface area contributed by atoms with Crippen molar-refractivity contribution in [2.45, 2.75) is 63.2 Å². The Kier molecular flexibility index (Phi) is 11.0. The summed E-state index contributed by atoms with van der Waals surface area (Å²) in [5, 5.41) is 2.50. The van der Waals surface area contributed by atoms with Crippen molar-refractivity contribution in [3.8, 4) is 44.5 Å². The Morgan fingerprint density at radius 3 is 1.50 bits per heavy atom. The molecule has 3 unspecified atom stereocenters. The van der Waals surface area contributed by atoms with E-state index in [-0.39, 0.29) is 10.8 Å². The quantitative estimate of drug-likeness (QED) is 0.142. The van der Waals surface area contributed by atoms with E-state index in [4.69, 9.17) is 0 Å². The number of fused-ring (bicyclic) bond motifs is 6. The highest BCUT2D eigenvalue weighted by atomic mass is 15.2. The third kappa shape index (κ3) is 7.22. The minimum absolute atomic E-state index is 0.121. The van der Waals surface area contributed by atoms with Gasteiger partial charge in [0.1, 0.15) is 0 Å². The molecule has 1 spiro atoms. The van der Waals surface area contributed by atoms with E-state index >= 15 is 0 Å². The molecule has 4 aliphatic carbocycles. The average molecular weight is 1000 g/mol. The highest BCUT2D eigenvalue weighted by Gasteiger charge is 2.59. The molecule has 0 saturated heterocycles. The van der Waals surface area contributed by atoms with E-state index < -0.39 is 0 Å². The van der Waals surface area contributed by atoms with Crippen LogP contribution >= 0.6 is 0 Å². The Balaban J connectivity index is 0.896. The molecular formula is C76H62N2. The fourth-order valence-electron chi connectivity index (χ4n) is 15.3. The lowest BCUT2D eigenvalue weighted by atomic mass is 9.63. The average Bonchev–Trinajstić information content (AvgIpc) is 3.01. The lowest BCUT2D eigenvalue weighted by Gasteiger charge is -2.43. The van der Waals surface area contributed by atoms with Crippen LogP contribution in [0.2, 0.25) is 0 Å². The largest absolute Gasteiger partial charge is 0.310 e. The molecule has 376 valence electrons. The highest BCUT2D eigenvalue weighted by molar-refractivity contribution is 6.04. The number of benzene rings is 11. The summed E-state index contributed by atoms with van der Waals surface area (Å²) in [7, 11) is 0. The van der Waals surface area contributed by atoms with Crippen molar-refractivity contribution in [1.29, 1.82) is 0 Å². The number of nitrogens with zero attached hydrogens (tertiary/aromatic N) is 2. The molecule has 78 heavy (non-hydrogen) atoms. The fourth-order valence-corrected chi connectivity index (χ4v) is 15.3. The Hall–Kier alpha value is -8.72. The van der Waals surface area contributed by atoms with Crippen LogP contribution in [-0.2, 0) is 23.7 Å². The van der Waals surface area contributed by atoms with Crippen molar-refractivity contribution in [2.75, 3.05) is 9.80 Å². The van der Waals surface area contributed by atoms with Gasteiger partial charge in [0.15, 0.2) is 0 Å². The van der Waals surface area contributed by atoms with Crippen LogP contribution in [0.25, 0.3) is 55.3 Å². The molecular weight excluding hydrogens is 941 g/mol. The molecule has 0 heterocycles. The summed E-state index contributed by atoms with van der Waals surface area (Å²) < 4.78 is 0. The van der Waals surface area contributed by atoms with E-state index in [1.807, 2.05) is 0 Å². The van der Waals surface area contributed by atoms with Crippen LogP contribution in [0.15, 0.2) is 255 Å². The zero-order chi connectivity index (χ0) is 52.0. The maximum atomic E-state index is 2.63. The first kappa shape index (κ1) is 46.6. The van der Waals surface area contributed by atoms with Crippen LogP contribution in [0.5, 0.6) is 0 Å². The van der Waals surface area contributed by atoms with Crippen LogP contribution in [0.1, 0.15) is 72.9 Å². The summed E-state index contributed by atoms with van der Waals surface area (Å²) in [4.78, 5) is 5.23. The summed E-state index contributed by atoms with van der Waals surface area (Å²) >= 11 is 0. The molecule has 1 saturated carbocycles.